The maximum Gasteiger partial charge on any atom is 0.224 e. The summed E-state index contributed by atoms with van der Waals surface area (Å²) in [6.07, 6.45) is 1.56. The highest BCUT2D eigenvalue weighted by molar-refractivity contribution is 5.88. The molecular weight excluding hydrogens is 358 g/mol. The largest absolute Gasteiger partial charge is 0.494 e. The number of rotatable bonds is 7. The highest BCUT2D eigenvalue weighted by Crippen LogP contribution is 2.28. The van der Waals surface area contributed by atoms with Crippen LogP contribution in [0.1, 0.15) is 13.3 Å². The third-order valence-corrected chi connectivity index (χ3v) is 5.03. The molecule has 2 heterocycles. The van der Waals surface area contributed by atoms with Gasteiger partial charge >= 0.3 is 0 Å². The first-order valence-corrected chi connectivity index (χ1v) is 9.44. The van der Waals surface area contributed by atoms with Crippen molar-refractivity contribution in [2.75, 3.05) is 45.2 Å². The number of ether oxygens (including phenoxy) is 1. The summed E-state index contributed by atoms with van der Waals surface area (Å²) in [4.78, 5) is 32.0. The Balaban J connectivity index is 1.51. The fraction of sp³-hybridized carbons (Fsp3) is 0.450. The van der Waals surface area contributed by atoms with Crippen molar-refractivity contribution in [3.8, 4) is 5.75 Å². The van der Waals surface area contributed by atoms with Gasteiger partial charge in [0.15, 0.2) is 5.78 Å². The molecule has 1 aromatic heterocycles. The lowest BCUT2D eigenvalue weighted by Gasteiger charge is -2.37. The van der Waals surface area contributed by atoms with Crippen LogP contribution in [0.25, 0.3) is 10.9 Å². The molecule has 28 heavy (non-hydrogen) atoms. The third-order valence-electron chi connectivity index (χ3n) is 5.03. The predicted octanol–water partition coefficient (Wildman–Crippen LogP) is 1.06. The maximum atomic E-state index is 12.5. The number of aromatic nitrogens is 1. The summed E-state index contributed by atoms with van der Waals surface area (Å²) in [5.74, 6) is 0.743. The summed E-state index contributed by atoms with van der Waals surface area (Å²) in [6, 6.07) is 7.75. The molecule has 8 nitrogen and oxygen atoms in total. The minimum Gasteiger partial charge on any atom is -0.494 e. The van der Waals surface area contributed by atoms with Crippen molar-refractivity contribution in [2.45, 2.75) is 19.5 Å². The molecule has 0 bridgehead atoms. The number of hydrogen-bond acceptors (Lipinski definition) is 7. The van der Waals surface area contributed by atoms with E-state index in [2.05, 4.69) is 10.3 Å². The summed E-state index contributed by atoms with van der Waals surface area (Å²) >= 11 is 0. The van der Waals surface area contributed by atoms with Crippen LogP contribution in [0.4, 0.5) is 5.69 Å². The van der Waals surface area contributed by atoms with Crippen molar-refractivity contribution >= 4 is 28.3 Å². The lowest BCUT2D eigenvalue weighted by molar-refractivity contribution is -0.133. The first kappa shape index (κ1) is 20.0. The smallest absolute Gasteiger partial charge is 0.224 e. The Morgan fingerprint density at radius 2 is 2.04 bits per heavy atom. The molecule has 8 heteroatoms. The zero-order valence-corrected chi connectivity index (χ0v) is 16.4. The van der Waals surface area contributed by atoms with Crippen LogP contribution in [0.15, 0.2) is 30.5 Å². The fourth-order valence-electron chi connectivity index (χ4n) is 3.40. The number of pyridine rings is 1. The molecule has 1 unspecified atom stereocenters. The topological polar surface area (TPSA) is 101 Å². The van der Waals surface area contributed by atoms with Gasteiger partial charge in [-0.05, 0) is 19.1 Å². The molecular formula is C20H27N5O3. The van der Waals surface area contributed by atoms with Crippen LogP contribution in [0.5, 0.6) is 5.75 Å². The molecule has 1 aromatic carbocycles. The third kappa shape index (κ3) is 4.58. The number of methoxy groups -OCH3 is 1. The van der Waals surface area contributed by atoms with Crippen molar-refractivity contribution < 1.29 is 14.3 Å². The fourth-order valence-corrected chi connectivity index (χ4v) is 3.40. The van der Waals surface area contributed by atoms with E-state index in [0.29, 0.717) is 44.9 Å². The number of Topliss-reactive ketones (excluding diaryl/α,β-unsaturated/α-hetero) is 1. The molecule has 3 rings (SSSR count). The second kappa shape index (κ2) is 8.99. The average Bonchev–Trinajstić information content (AvgIpc) is 2.72. The number of hydrogen-bond donors (Lipinski definition) is 2. The molecule has 0 aliphatic carbocycles. The summed E-state index contributed by atoms with van der Waals surface area (Å²) in [6.45, 7) is 4.45. The normalized spacial score (nSPS) is 16.0. The highest BCUT2D eigenvalue weighted by atomic mass is 16.5. The monoisotopic (exact) mass is 385 g/mol. The lowest BCUT2D eigenvalue weighted by Crippen LogP contribution is -2.56. The maximum absolute atomic E-state index is 12.5. The van der Waals surface area contributed by atoms with E-state index in [-0.39, 0.29) is 11.7 Å². The number of nitrogens with zero attached hydrogens (tertiary/aromatic N) is 3. The van der Waals surface area contributed by atoms with E-state index < -0.39 is 6.17 Å². The number of carbonyl (C=O) groups is 2. The Morgan fingerprint density at radius 3 is 2.71 bits per heavy atom. The van der Waals surface area contributed by atoms with Crippen LogP contribution in [-0.4, -0.2) is 72.5 Å². The van der Waals surface area contributed by atoms with Crippen molar-refractivity contribution in [3.63, 3.8) is 0 Å². The average molecular weight is 385 g/mol. The summed E-state index contributed by atoms with van der Waals surface area (Å²) < 4.78 is 5.42. The molecule has 1 aliphatic rings. The van der Waals surface area contributed by atoms with E-state index in [9.17, 15) is 9.59 Å². The molecule has 1 fully saturated rings. The number of piperazine rings is 1. The number of nitrogens with one attached hydrogen (secondary N) is 1. The predicted molar refractivity (Wildman–Crippen MR) is 108 cm³/mol. The molecule has 1 atom stereocenters. The van der Waals surface area contributed by atoms with E-state index in [1.165, 1.54) is 6.92 Å². The molecule has 0 spiro atoms. The van der Waals surface area contributed by atoms with Crippen LogP contribution in [0.3, 0.4) is 0 Å². The van der Waals surface area contributed by atoms with Gasteiger partial charge in [-0.25, -0.2) is 0 Å². The number of ketones is 1. The van der Waals surface area contributed by atoms with Crippen LogP contribution < -0.4 is 15.8 Å². The molecule has 150 valence electrons. The summed E-state index contributed by atoms with van der Waals surface area (Å²) in [5.41, 5.74) is 7.57. The Kier molecular flexibility index (Phi) is 6.43. The standard InChI is InChI=1S/C20H27N5O3/c1-14(26)20(21)25-10-8-24(9-11-25)18(27)5-7-22-16-12-15-4-3-6-23-19(15)17(13-16)28-2/h3-4,6,12-13,20,22H,5,7-11,21H2,1-2H3. The Morgan fingerprint density at radius 1 is 1.29 bits per heavy atom. The molecule has 2 aromatic rings. The molecule has 3 N–H and O–H groups in total. The van der Waals surface area contributed by atoms with E-state index in [1.807, 2.05) is 34.1 Å². The van der Waals surface area contributed by atoms with Crippen molar-refractivity contribution in [3.05, 3.63) is 30.5 Å². The second-order valence-electron chi connectivity index (χ2n) is 6.90. The van der Waals surface area contributed by atoms with Crippen molar-refractivity contribution in [2.24, 2.45) is 5.73 Å². The number of nitrogens with two attached hydrogens (primary N) is 1. The number of benzene rings is 1. The van der Waals surface area contributed by atoms with Gasteiger partial charge in [-0.3, -0.25) is 19.5 Å². The molecule has 1 amide bonds. The van der Waals surface area contributed by atoms with E-state index in [1.54, 1.807) is 13.3 Å². The van der Waals surface area contributed by atoms with Gasteiger partial charge < -0.3 is 20.7 Å². The number of fused-ring (bicyclic) bond motifs is 1. The van der Waals surface area contributed by atoms with Gasteiger partial charge in [0.1, 0.15) is 17.4 Å². The first-order chi connectivity index (χ1) is 13.5. The molecule has 1 saturated heterocycles. The number of amides is 1. The zero-order valence-electron chi connectivity index (χ0n) is 16.4. The number of anilines is 1. The Hall–Kier alpha value is -2.71. The number of carbonyl (C=O) groups excluding carboxylic acids is 2. The van der Waals surface area contributed by atoms with Crippen molar-refractivity contribution in [1.29, 1.82) is 0 Å². The van der Waals surface area contributed by atoms with Gasteiger partial charge in [-0.15, -0.1) is 0 Å². The second-order valence-corrected chi connectivity index (χ2v) is 6.90. The molecule has 0 saturated carbocycles. The van der Waals surface area contributed by atoms with Crippen LogP contribution in [-0.2, 0) is 9.59 Å². The quantitative estimate of drug-likeness (QED) is 0.735. The zero-order chi connectivity index (χ0) is 20.1. The minimum absolute atomic E-state index is 0.0509. The van der Waals surface area contributed by atoms with Gasteiger partial charge in [0, 0.05) is 62.5 Å². The minimum atomic E-state index is -0.573. The Bertz CT molecular complexity index is 849. The summed E-state index contributed by atoms with van der Waals surface area (Å²) in [5, 5.41) is 4.27. The van der Waals surface area contributed by atoms with Gasteiger partial charge in [-0.1, -0.05) is 6.07 Å². The highest BCUT2D eigenvalue weighted by Gasteiger charge is 2.25. The van der Waals surface area contributed by atoms with Gasteiger partial charge in [0.2, 0.25) is 5.91 Å². The van der Waals surface area contributed by atoms with E-state index in [4.69, 9.17) is 10.5 Å². The van der Waals surface area contributed by atoms with Gasteiger partial charge in [0.05, 0.1) is 7.11 Å². The Labute approximate surface area is 164 Å². The van der Waals surface area contributed by atoms with E-state index in [0.717, 1.165) is 16.6 Å². The first-order valence-electron chi connectivity index (χ1n) is 9.44. The summed E-state index contributed by atoms with van der Waals surface area (Å²) in [7, 11) is 1.62. The van der Waals surface area contributed by atoms with E-state index >= 15 is 0 Å². The van der Waals surface area contributed by atoms with Crippen LogP contribution in [0, 0.1) is 0 Å². The van der Waals surface area contributed by atoms with Crippen LogP contribution in [0.2, 0.25) is 0 Å². The SMILES string of the molecule is COc1cc(NCCC(=O)N2CCN(C(N)C(C)=O)CC2)cc2cccnc12. The van der Waals surface area contributed by atoms with Crippen LogP contribution >= 0.6 is 0 Å². The molecule has 0 radical (unpaired) electrons. The van der Waals surface area contributed by atoms with Gasteiger partial charge in [-0.2, -0.15) is 0 Å². The molecule has 1 aliphatic heterocycles. The lowest BCUT2D eigenvalue weighted by atomic mass is 10.1. The van der Waals surface area contributed by atoms with Gasteiger partial charge in [0.25, 0.3) is 0 Å². The van der Waals surface area contributed by atoms with Crippen molar-refractivity contribution in [1.82, 2.24) is 14.8 Å².